The van der Waals surface area contributed by atoms with Gasteiger partial charge in [-0.3, -0.25) is 14.5 Å². The Morgan fingerprint density at radius 2 is 1.70 bits per heavy atom. The fourth-order valence-electron chi connectivity index (χ4n) is 5.17. The van der Waals surface area contributed by atoms with Gasteiger partial charge in [-0.2, -0.15) is 0 Å². The van der Waals surface area contributed by atoms with E-state index in [-0.39, 0.29) is 11.3 Å². The van der Waals surface area contributed by atoms with Crippen LogP contribution in [0.4, 0.5) is 0 Å². The third-order valence-electron chi connectivity index (χ3n) is 7.16. The molecule has 0 spiro atoms. The van der Waals surface area contributed by atoms with E-state index in [1.807, 2.05) is 19.9 Å². The van der Waals surface area contributed by atoms with Crippen molar-refractivity contribution in [2.24, 2.45) is 0 Å². The van der Waals surface area contributed by atoms with Crippen LogP contribution in [-0.2, 0) is 14.3 Å². The molecule has 0 aromatic heterocycles. The summed E-state index contributed by atoms with van der Waals surface area (Å²) in [6, 6.07) is 9.59. The van der Waals surface area contributed by atoms with Crippen LogP contribution in [0.1, 0.15) is 37.4 Å². The quantitative estimate of drug-likeness (QED) is 0.270. The number of ether oxygens (including phenoxy) is 5. The molecule has 3 aliphatic heterocycles. The molecule has 1 amide bonds. The fraction of sp³-hybridized carbons (Fsp3) is 0.467. The number of nitrogens with zero attached hydrogens (tertiary/aromatic N) is 2. The third-order valence-corrected chi connectivity index (χ3v) is 7.16. The summed E-state index contributed by atoms with van der Waals surface area (Å²) >= 11 is 0. The number of rotatable bonds is 10. The van der Waals surface area contributed by atoms with Crippen LogP contribution in [0.15, 0.2) is 42.0 Å². The predicted octanol–water partition coefficient (Wildman–Crippen LogP) is 3.40. The number of morpholine rings is 1. The molecule has 0 radical (unpaired) electrons. The van der Waals surface area contributed by atoms with E-state index in [4.69, 9.17) is 23.7 Å². The molecule has 10 heteroatoms. The number of fused-ring (bicyclic) bond motifs is 1. The molecule has 214 valence electrons. The Hall–Kier alpha value is -3.76. The number of amides is 1. The van der Waals surface area contributed by atoms with Crippen molar-refractivity contribution in [1.29, 1.82) is 0 Å². The van der Waals surface area contributed by atoms with Crippen LogP contribution in [0.2, 0.25) is 0 Å². The summed E-state index contributed by atoms with van der Waals surface area (Å²) in [4.78, 5) is 30.7. The molecule has 3 aliphatic rings. The molecule has 2 saturated heterocycles. The number of aliphatic hydroxyl groups excluding tert-OH is 1. The average Bonchev–Trinajstić information content (AvgIpc) is 3.24. The maximum Gasteiger partial charge on any atom is 0.295 e. The van der Waals surface area contributed by atoms with Crippen molar-refractivity contribution >= 4 is 17.4 Å². The molecule has 40 heavy (non-hydrogen) atoms. The Labute approximate surface area is 234 Å². The van der Waals surface area contributed by atoms with Gasteiger partial charge in [-0.25, -0.2) is 0 Å². The molecule has 10 nitrogen and oxygen atoms in total. The monoisotopic (exact) mass is 552 g/mol. The minimum atomic E-state index is -0.811. The smallest absolute Gasteiger partial charge is 0.295 e. The van der Waals surface area contributed by atoms with E-state index in [0.717, 1.165) is 19.5 Å². The molecule has 2 aromatic rings. The molecule has 3 heterocycles. The van der Waals surface area contributed by atoms with Gasteiger partial charge in [0, 0.05) is 31.7 Å². The van der Waals surface area contributed by atoms with Crippen molar-refractivity contribution in [3.63, 3.8) is 0 Å². The van der Waals surface area contributed by atoms with Crippen molar-refractivity contribution in [1.82, 2.24) is 9.80 Å². The summed E-state index contributed by atoms with van der Waals surface area (Å²) in [6.45, 7) is 9.32. The lowest BCUT2D eigenvalue weighted by molar-refractivity contribution is -0.140. The molecule has 0 aliphatic carbocycles. The van der Waals surface area contributed by atoms with E-state index in [1.54, 1.807) is 35.2 Å². The van der Waals surface area contributed by atoms with Crippen LogP contribution < -0.4 is 18.9 Å². The van der Waals surface area contributed by atoms with Gasteiger partial charge in [-0.15, -0.1) is 0 Å². The van der Waals surface area contributed by atoms with Crippen LogP contribution in [0.3, 0.4) is 0 Å². The lowest BCUT2D eigenvalue weighted by Crippen LogP contribution is -2.42. The Balaban J connectivity index is 1.56. The second kappa shape index (κ2) is 12.6. The van der Waals surface area contributed by atoms with Gasteiger partial charge in [0.2, 0.25) is 0 Å². The van der Waals surface area contributed by atoms with Crippen molar-refractivity contribution < 1.29 is 38.4 Å². The zero-order valence-electron chi connectivity index (χ0n) is 23.0. The third kappa shape index (κ3) is 5.73. The molecule has 2 fully saturated rings. The van der Waals surface area contributed by atoms with Gasteiger partial charge in [0.1, 0.15) is 19.0 Å². The van der Waals surface area contributed by atoms with E-state index in [2.05, 4.69) is 4.90 Å². The van der Waals surface area contributed by atoms with Crippen LogP contribution in [-0.4, -0.2) is 92.4 Å². The molecule has 0 bridgehead atoms. The zero-order valence-corrected chi connectivity index (χ0v) is 23.0. The highest BCUT2D eigenvalue weighted by Crippen LogP contribution is 2.43. The van der Waals surface area contributed by atoms with E-state index < -0.39 is 17.7 Å². The van der Waals surface area contributed by atoms with Gasteiger partial charge in [0.05, 0.1) is 38.0 Å². The first kappa shape index (κ1) is 27.8. The molecule has 5 rings (SSSR count). The van der Waals surface area contributed by atoms with Gasteiger partial charge >= 0.3 is 0 Å². The van der Waals surface area contributed by atoms with Gasteiger partial charge in [-0.1, -0.05) is 13.0 Å². The van der Waals surface area contributed by atoms with Crippen LogP contribution in [0, 0.1) is 0 Å². The second-order valence-electron chi connectivity index (χ2n) is 9.79. The number of carbonyl (C=O) groups excluding carboxylic acids is 2. The summed E-state index contributed by atoms with van der Waals surface area (Å²) < 4.78 is 28.5. The van der Waals surface area contributed by atoms with E-state index in [0.29, 0.717) is 86.9 Å². The predicted molar refractivity (Wildman–Crippen MR) is 147 cm³/mol. The Bertz CT molecular complexity index is 1270. The highest BCUT2D eigenvalue weighted by Gasteiger charge is 2.46. The topological polar surface area (TPSA) is 107 Å². The second-order valence-corrected chi connectivity index (χ2v) is 9.79. The maximum atomic E-state index is 13.5. The van der Waals surface area contributed by atoms with Gasteiger partial charge < -0.3 is 33.7 Å². The molecule has 0 saturated carbocycles. The number of hydrogen-bond donors (Lipinski definition) is 1. The van der Waals surface area contributed by atoms with Gasteiger partial charge in [0.15, 0.2) is 23.0 Å². The fourth-order valence-corrected chi connectivity index (χ4v) is 5.17. The summed E-state index contributed by atoms with van der Waals surface area (Å²) in [5.74, 6) is 0.499. The number of benzene rings is 2. The Morgan fingerprint density at radius 1 is 0.925 bits per heavy atom. The standard InChI is InChI=1S/C30H36N2O8/c1-3-13-38-22-7-5-20(18-24(22)37-4-2)27-26(28(33)21-6-8-23-25(19-21)40-17-16-39-23)29(34)30(35)32(27)10-9-31-11-14-36-15-12-31/h5-8,18-19,27,33H,3-4,9-17H2,1-2H3/t27-/m0/s1. The highest BCUT2D eigenvalue weighted by atomic mass is 16.6. The maximum absolute atomic E-state index is 13.5. The van der Waals surface area contributed by atoms with Crippen molar-refractivity contribution in [2.75, 3.05) is 65.8 Å². The summed E-state index contributed by atoms with van der Waals surface area (Å²) in [5, 5.41) is 11.5. The van der Waals surface area contributed by atoms with Crippen molar-refractivity contribution in [3.05, 3.63) is 53.1 Å². The summed E-state index contributed by atoms with van der Waals surface area (Å²) in [7, 11) is 0. The number of likely N-dealkylation sites (tertiary alicyclic amines) is 1. The highest BCUT2D eigenvalue weighted by molar-refractivity contribution is 6.46. The van der Waals surface area contributed by atoms with Gasteiger partial charge in [-0.05, 0) is 49.2 Å². The minimum absolute atomic E-state index is 0.0216. The van der Waals surface area contributed by atoms with Gasteiger partial charge in [0.25, 0.3) is 11.7 Å². The minimum Gasteiger partial charge on any atom is -0.507 e. The number of Topliss-reactive ketones (excluding diaryl/α,β-unsaturated/α-hetero) is 1. The molecular weight excluding hydrogens is 516 g/mol. The first-order chi connectivity index (χ1) is 19.5. The normalized spacial score (nSPS) is 20.6. The molecule has 1 N–H and O–H groups in total. The van der Waals surface area contributed by atoms with E-state index in [1.165, 1.54) is 0 Å². The Morgan fingerprint density at radius 3 is 2.45 bits per heavy atom. The van der Waals surface area contributed by atoms with Crippen molar-refractivity contribution in [2.45, 2.75) is 26.3 Å². The van der Waals surface area contributed by atoms with Crippen LogP contribution in [0.25, 0.3) is 5.76 Å². The summed E-state index contributed by atoms with van der Waals surface area (Å²) in [6.07, 6.45) is 0.838. The van der Waals surface area contributed by atoms with Crippen molar-refractivity contribution in [3.8, 4) is 23.0 Å². The lowest BCUT2D eigenvalue weighted by Gasteiger charge is -2.31. The zero-order chi connectivity index (χ0) is 28.1. The molecular formula is C30H36N2O8. The number of hydrogen-bond acceptors (Lipinski definition) is 9. The van der Waals surface area contributed by atoms with Crippen LogP contribution in [0.5, 0.6) is 23.0 Å². The van der Waals surface area contributed by atoms with E-state index in [9.17, 15) is 14.7 Å². The average molecular weight is 553 g/mol. The number of aliphatic hydroxyl groups is 1. The summed E-state index contributed by atoms with van der Waals surface area (Å²) in [5.41, 5.74) is 1.04. The largest absolute Gasteiger partial charge is 0.507 e. The molecule has 1 atom stereocenters. The molecule has 0 unspecified atom stereocenters. The van der Waals surface area contributed by atoms with Crippen LogP contribution >= 0.6 is 0 Å². The molecule has 2 aromatic carbocycles. The number of carbonyl (C=O) groups is 2. The Kier molecular flexibility index (Phi) is 8.76. The lowest BCUT2D eigenvalue weighted by atomic mass is 9.94. The first-order valence-corrected chi connectivity index (χ1v) is 13.9. The number of ketones is 1. The van der Waals surface area contributed by atoms with E-state index >= 15 is 0 Å². The first-order valence-electron chi connectivity index (χ1n) is 13.9. The SMILES string of the molecule is CCCOc1ccc([C@H]2C(=C(O)c3ccc4c(c3)OCCO4)C(=O)C(=O)N2CCN2CCOCC2)cc1OCC.